The van der Waals surface area contributed by atoms with Crippen LogP contribution in [0.4, 0.5) is 9.52 Å². The fourth-order valence-electron chi connectivity index (χ4n) is 1.53. The molecule has 0 atom stereocenters. The van der Waals surface area contributed by atoms with Crippen LogP contribution in [-0.2, 0) is 11.3 Å². The van der Waals surface area contributed by atoms with E-state index < -0.39 is 11.8 Å². The second kappa shape index (κ2) is 6.52. The van der Waals surface area contributed by atoms with Gasteiger partial charge >= 0.3 is 5.97 Å². The molecule has 0 spiro atoms. The molecule has 5 nitrogen and oxygen atoms in total. The predicted molar refractivity (Wildman–Crippen MR) is 76.9 cm³/mol. The molecule has 0 fully saturated rings. The fraction of sp³-hybridized carbons (Fsp3) is 0.154. The molecule has 21 heavy (non-hydrogen) atoms. The lowest BCUT2D eigenvalue weighted by molar-refractivity contribution is 0.0606. The van der Waals surface area contributed by atoms with Crippen molar-refractivity contribution in [2.45, 2.75) is 6.54 Å². The Bertz CT molecular complexity index is 727. The number of ether oxygens (including phenoxy) is 1. The minimum Gasteiger partial charge on any atom is -0.465 e. The Hall–Kier alpha value is -2.17. The number of nitrogens with one attached hydrogen (secondary N) is 1. The predicted octanol–water partition coefficient (Wildman–Crippen LogP) is 3.21. The molecule has 1 heterocycles. The Balaban J connectivity index is 2.10. The summed E-state index contributed by atoms with van der Waals surface area (Å²) in [5, 5.41) is 12.0. The van der Waals surface area contributed by atoms with Crippen LogP contribution in [0.3, 0.4) is 0 Å². The zero-order chi connectivity index (χ0) is 15.4. The van der Waals surface area contributed by atoms with Gasteiger partial charge in [0.1, 0.15) is 5.82 Å². The van der Waals surface area contributed by atoms with E-state index in [9.17, 15) is 9.18 Å². The van der Waals surface area contributed by atoms with Crippen molar-refractivity contribution in [1.29, 1.82) is 5.26 Å². The molecule has 1 aromatic heterocycles. The molecule has 0 aliphatic carbocycles. The molecule has 0 amide bonds. The van der Waals surface area contributed by atoms with Crippen molar-refractivity contribution in [3.8, 4) is 6.07 Å². The number of halogens is 2. The molecule has 108 valence electrons. The van der Waals surface area contributed by atoms with E-state index >= 15 is 0 Å². The molecule has 0 aliphatic heterocycles. The largest absolute Gasteiger partial charge is 0.465 e. The van der Waals surface area contributed by atoms with Gasteiger partial charge in [-0.3, -0.25) is 0 Å². The summed E-state index contributed by atoms with van der Waals surface area (Å²) in [5.41, 5.74) is 0.626. The van der Waals surface area contributed by atoms with Gasteiger partial charge in [-0.2, -0.15) is 5.26 Å². The number of hydrogen-bond acceptors (Lipinski definition) is 6. The van der Waals surface area contributed by atoms with Crippen LogP contribution in [-0.4, -0.2) is 18.1 Å². The fourth-order valence-corrected chi connectivity index (χ4v) is 2.63. The van der Waals surface area contributed by atoms with Crippen molar-refractivity contribution in [1.82, 2.24) is 4.98 Å². The first-order chi connectivity index (χ1) is 10.0. The number of methoxy groups -OCH3 is 1. The van der Waals surface area contributed by atoms with Gasteiger partial charge in [0.2, 0.25) is 0 Å². The molecule has 2 rings (SSSR count). The quantitative estimate of drug-likeness (QED) is 0.874. The summed E-state index contributed by atoms with van der Waals surface area (Å²) in [5.74, 6) is -1.06. The Kier molecular flexibility index (Phi) is 4.73. The monoisotopic (exact) mass is 325 g/mol. The molecule has 0 bridgehead atoms. The number of esters is 1. The minimum atomic E-state index is -0.574. The summed E-state index contributed by atoms with van der Waals surface area (Å²) < 4.78 is 18.3. The molecule has 2 aromatic rings. The third-order valence-electron chi connectivity index (χ3n) is 2.57. The summed E-state index contributed by atoms with van der Waals surface area (Å²) in [6.07, 6.45) is 0. The van der Waals surface area contributed by atoms with Crippen molar-refractivity contribution in [2.75, 3.05) is 12.4 Å². The average Bonchev–Trinajstić information content (AvgIpc) is 2.86. The topological polar surface area (TPSA) is 75.0 Å². The maximum atomic E-state index is 13.7. The Morgan fingerprint density at radius 2 is 2.38 bits per heavy atom. The molecule has 0 aliphatic rings. The van der Waals surface area contributed by atoms with Crippen molar-refractivity contribution >= 4 is 34.0 Å². The van der Waals surface area contributed by atoms with Gasteiger partial charge in [0.15, 0.2) is 15.2 Å². The lowest BCUT2D eigenvalue weighted by Crippen LogP contribution is -2.01. The molecule has 0 radical (unpaired) electrons. The summed E-state index contributed by atoms with van der Waals surface area (Å²) in [6.45, 7) is 0.155. The number of thiazole rings is 1. The van der Waals surface area contributed by atoms with Crippen LogP contribution in [0.25, 0.3) is 0 Å². The van der Waals surface area contributed by atoms with E-state index in [2.05, 4.69) is 15.0 Å². The van der Waals surface area contributed by atoms with Crippen LogP contribution < -0.4 is 5.32 Å². The summed E-state index contributed by atoms with van der Waals surface area (Å²) in [4.78, 5) is 15.5. The van der Waals surface area contributed by atoms with Crippen LogP contribution in [0.2, 0.25) is 5.15 Å². The highest BCUT2D eigenvalue weighted by Crippen LogP contribution is 2.28. The number of nitrogens with zero attached hydrogens (tertiary/aromatic N) is 2. The highest BCUT2D eigenvalue weighted by Gasteiger charge is 2.17. The number of rotatable bonds is 4. The first kappa shape index (κ1) is 15.2. The van der Waals surface area contributed by atoms with Crippen LogP contribution >= 0.6 is 22.9 Å². The second-order valence-corrected chi connectivity index (χ2v) is 5.26. The maximum absolute atomic E-state index is 13.7. The Labute approximate surface area is 128 Å². The molecule has 1 aromatic carbocycles. The molecule has 0 saturated carbocycles. The van der Waals surface area contributed by atoms with Crippen LogP contribution in [0.1, 0.15) is 20.8 Å². The molecule has 8 heteroatoms. The number of nitriles is 1. The van der Waals surface area contributed by atoms with Gasteiger partial charge in [-0.1, -0.05) is 29.0 Å². The van der Waals surface area contributed by atoms with Gasteiger partial charge in [0, 0.05) is 12.1 Å². The minimum absolute atomic E-state index is 0.0367. The Morgan fingerprint density at radius 3 is 3.00 bits per heavy atom. The van der Waals surface area contributed by atoms with Crippen molar-refractivity contribution in [2.24, 2.45) is 0 Å². The van der Waals surface area contributed by atoms with E-state index in [1.165, 1.54) is 19.2 Å². The SMILES string of the molecule is COC(=O)c1sc(NCc2ccc(C#N)cc2F)nc1Cl. The van der Waals surface area contributed by atoms with E-state index in [0.717, 1.165) is 17.4 Å². The zero-order valence-electron chi connectivity index (χ0n) is 10.8. The second-order valence-electron chi connectivity index (χ2n) is 3.90. The Morgan fingerprint density at radius 1 is 1.62 bits per heavy atom. The molecule has 0 unspecified atom stereocenters. The molecule has 0 saturated heterocycles. The van der Waals surface area contributed by atoms with Gasteiger partial charge in [0.05, 0.1) is 18.7 Å². The highest BCUT2D eigenvalue weighted by molar-refractivity contribution is 7.18. The lowest BCUT2D eigenvalue weighted by Gasteiger charge is -2.04. The number of anilines is 1. The maximum Gasteiger partial charge on any atom is 0.351 e. The summed E-state index contributed by atoms with van der Waals surface area (Å²) >= 11 is 6.84. The van der Waals surface area contributed by atoms with Gasteiger partial charge in [-0.05, 0) is 12.1 Å². The van der Waals surface area contributed by atoms with Gasteiger partial charge in [-0.15, -0.1) is 0 Å². The number of hydrogen-bond donors (Lipinski definition) is 1. The first-order valence-corrected chi connectivity index (χ1v) is 6.91. The van der Waals surface area contributed by atoms with Gasteiger partial charge in [-0.25, -0.2) is 14.2 Å². The zero-order valence-corrected chi connectivity index (χ0v) is 12.4. The van der Waals surface area contributed by atoms with E-state index in [0.29, 0.717) is 10.7 Å². The van der Waals surface area contributed by atoms with E-state index in [1.54, 1.807) is 0 Å². The van der Waals surface area contributed by atoms with Crippen molar-refractivity contribution in [3.05, 3.63) is 45.2 Å². The van der Waals surface area contributed by atoms with Gasteiger partial charge < -0.3 is 10.1 Å². The van der Waals surface area contributed by atoms with E-state index in [4.69, 9.17) is 16.9 Å². The number of carbonyl (C=O) groups excluding carboxylic acids is 1. The standard InChI is InChI=1S/C13H9ClFN3O2S/c1-20-12(19)10-11(14)18-13(21-10)17-6-8-3-2-7(5-16)4-9(8)15/h2-4H,6H2,1H3,(H,17,18). The van der Waals surface area contributed by atoms with E-state index in [1.807, 2.05) is 6.07 Å². The van der Waals surface area contributed by atoms with Crippen LogP contribution in [0.15, 0.2) is 18.2 Å². The molecular weight excluding hydrogens is 317 g/mol. The average molecular weight is 326 g/mol. The third kappa shape index (κ3) is 3.48. The number of aromatic nitrogens is 1. The highest BCUT2D eigenvalue weighted by atomic mass is 35.5. The molecule has 1 N–H and O–H groups in total. The normalized spacial score (nSPS) is 10.0. The summed E-state index contributed by atoms with van der Waals surface area (Å²) in [7, 11) is 1.25. The first-order valence-electron chi connectivity index (χ1n) is 5.72. The third-order valence-corrected chi connectivity index (χ3v) is 3.95. The lowest BCUT2D eigenvalue weighted by atomic mass is 10.1. The van der Waals surface area contributed by atoms with Gasteiger partial charge in [0.25, 0.3) is 0 Å². The number of benzene rings is 1. The van der Waals surface area contributed by atoms with Crippen molar-refractivity contribution < 1.29 is 13.9 Å². The smallest absolute Gasteiger partial charge is 0.351 e. The summed E-state index contributed by atoms with van der Waals surface area (Å²) in [6, 6.07) is 6.05. The van der Waals surface area contributed by atoms with Crippen LogP contribution in [0, 0.1) is 17.1 Å². The van der Waals surface area contributed by atoms with Crippen molar-refractivity contribution in [3.63, 3.8) is 0 Å². The van der Waals surface area contributed by atoms with Crippen LogP contribution in [0.5, 0.6) is 0 Å². The molecular formula is C13H9ClFN3O2S. The number of carbonyl (C=O) groups is 1. The van der Waals surface area contributed by atoms with E-state index in [-0.39, 0.29) is 22.1 Å².